The molecule has 0 aliphatic rings. The zero-order valence-electron chi connectivity index (χ0n) is 12.6. The van der Waals surface area contributed by atoms with Crippen molar-refractivity contribution in [1.82, 2.24) is 4.98 Å². The fraction of sp³-hybridized carbons (Fsp3) is 0.211. The van der Waals surface area contributed by atoms with Crippen LogP contribution in [0.5, 0.6) is 5.75 Å². The maximum absolute atomic E-state index is 9.72. The molecule has 0 saturated heterocycles. The summed E-state index contributed by atoms with van der Waals surface area (Å²) >= 11 is 0. The van der Waals surface area contributed by atoms with Crippen LogP contribution in [-0.2, 0) is 0 Å². The molecule has 1 heterocycles. The van der Waals surface area contributed by atoms with E-state index >= 15 is 0 Å². The predicted octanol–water partition coefficient (Wildman–Crippen LogP) is 5.04. The zero-order chi connectivity index (χ0) is 15.0. The van der Waals surface area contributed by atoms with Crippen LogP contribution in [0.25, 0.3) is 22.0 Å². The van der Waals surface area contributed by atoms with Crippen molar-refractivity contribution in [2.45, 2.75) is 26.7 Å². The number of phenolic OH excluding ortho intramolecular Hbond substituents is 1. The molecule has 0 aliphatic carbocycles. The lowest BCUT2D eigenvalue weighted by Crippen LogP contribution is -2.00. The Morgan fingerprint density at radius 2 is 1.71 bits per heavy atom. The Labute approximate surface area is 125 Å². The second kappa shape index (κ2) is 5.21. The minimum Gasteiger partial charge on any atom is -0.508 e. The highest BCUT2D eigenvalue weighted by atomic mass is 16.3. The molecule has 0 atom stereocenters. The Morgan fingerprint density at radius 3 is 2.38 bits per heavy atom. The number of benzene rings is 2. The largest absolute Gasteiger partial charge is 0.508 e. The maximum Gasteiger partial charge on any atom is 0.117 e. The Bertz CT molecular complexity index is 792. The summed E-state index contributed by atoms with van der Waals surface area (Å²) in [7, 11) is 0. The van der Waals surface area contributed by atoms with Gasteiger partial charge in [0.1, 0.15) is 5.75 Å². The van der Waals surface area contributed by atoms with E-state index in [9.17, 15) is 5.11 Å². The highest BCUT2D eigenvalue weighted by molar-refractivity contribution is 5.97. The minimum atomic E-state index is 0.255. The first kappa shape index (κ1) is 13.6. The molecule has 2 aromatic carbocycles. The zero-order valence-corrected chi connectivity index (χ0v) is 12.6. The molecule has 0 radical (unpaired) electrons. The predicted molar refractivity (Wildman–Crippen MR) is 87.7 cm³/mol. The van der Waals surface area contributed by atoms with Gasteiger partial charge >= 0.3 is 0 Å². The van der Waals surface area contributed by atoms with Gasteiger partial charge in [0.05, 0.1) is 5.52 Å². The molecule has 3 rings (SSSR count). The summed E-state index contributed by atoms with van der Waals surface area (Å²) in [5, 5.41) is 10.8. The van der Waals surface area contributed by atoms with Crippen LogP contribution in [0.15, 0.2) is 48.5 Å². The Hall–Kier alpha value is -2.35. The van der Waals surface area contributed by atoms with Crippen molar-refractivity contribution in [1.29, 1.82) is 0 Å². The standard InChI is InChI=1S/C19H19NO/c1-12(2)18-13(3)20-17-11-15(21)9-10-16(17)19(18)14-7-5-4-6-8-14/h4-12,21H,1-3H3. The number of aromatic nitrogens is 1. The van der Waals surface area contributed by atoms with E-state index < -0.39 is 0 Å². The van der Waals surface area contributed by atoms with Gasteiger partial charge in [0.2, 0.25) is 0 Å². The van der Waals surface area contributed by atoms with Gasteiger partial charge in [-0.3, -0.25) is 4.98 Å². The van der Waals surface area contributed by atoms with E-state index in [4.69, 9.17) is 0 Å². The second-order valence-electron chi connectivity index (χ2n) is 5.71. The van der Waals surface area contributed by atoms with E-state index in [-0.39, 0.29) is 5.75 Å². The average molecular weight is 277 g/mol. The number of pyridine rings is 1. The normalized spacial score (nSPS) is 11.2. The molecule has 0 bridgehead atoms. The van der Waals surface area contributed by atoms with Crippen LogP contribution in [0, 0.1) is 6.92 Å². The molecule has 1 N–H and O–H groups in total. The topological polar surface area (TPSA) is 33.1 Å². The van der Waals surface area contributed by atoms with Crippen molar-refractivity contribution in [2.24, 2.45) is 0 Å². The number of aromatic hydroxyl groups is 1. The molecule has 21 heavy (non-hydrogen) atoms. The van der Waals surface area contributed by atoms with E-state index in [1.165, 1.54) is 16.7 Å². The quantitative estimate of drug-likeness (QED) is 0.712. The molecule has 0 fully saturated rings. The van der Waals surface area contributed by atoms with Crippen molar-refractivity contribution < 1.29 is 5.11 Å². The van der Waals surface area contributed by atoms with Crippen LogP contribution in [0.3, 0.4) is 0 Å². The van der Waals surface area contributed by atoms with Gasteiger partial charge in [-0.15, -0.1) is 0 Å². The van der Waals surface area contributed by atoms with Crippen molar-refractivity contribution in [2.75, 3.05) is 0 Å². The SMILES string of the molecule is Cc1nc2cc(O)ccc2c(-c2ccccc2)c1C(C)C. The van der Waals surface area contributed by atoms with Crippen LogP contribution in [0.2, 0.25) is 0 Å². The smallest absolute Gasteiger partial charge is 0.117 e. The van der Waals surface area contributed by atoms with Crippen molar-refractivity contribution >= 4 is 10.9 Å². The molecule has 2 heteroatoms. The van der Waals surface area contributed by atoms with Crippen molar-refractivity contribution in [3.05, 3.63) is 59.8 Å². The third-order valence-electron chi connectivity index (χ3n) is 3.84. The van der Waals surface area contributed by atoms with Gasteiger partial charge in [0.15, 0.2) is 0 Å². The molecular formula is C19H19NO. The summed E-state index contributed by atoms with van der Waals surface area (Å²) in [5.74, 6) is 0.650. The molecule has 0 amide bonds. The summed E-state index contributed by atoms with van der Waals surface area (Å²) in [6.07, 6.45) is 0. The van der Waals surface area contributed by atoms with Crippen LogP contribution in [0.1, 0.15) is 31.0 Å². The summed E-state index contributed by atoms with van der Waals surface area (Å²) in [6.45, 7) is 6.44. The van der Waals surface area contributed by atoms with E-state index in [1.807, 2.05) is 19.1 Å². The van der Waals surface area contributed by atoms with Crippen LogP contribution < -0.4 is 0 Å². The molecule has 2 nitrogen and oxygen atoms in total. The summed E-state index contributed by atoms with van der Waals surface area (Å²) < 4.78 is 0. The highest BCUT2D eigenvalue weighted by Crippen LogP contribution is 2.37. The van der Waals surface area contributed by atoms with Crippen LogP contribution >= 0.6 is 0 Å². The van der Waals surface area contributed by atoms with Gasteiger partial charge < -0.3 is 5.11 Å². The first-order chi connectivity index (χ1) is 10.1. The van der Waals surface area contributed by atoms with Gasteiger partial charge in [-0.2, -0.15) is 0 Å². The number of fused-ring (bicyclic) bond motifs is 1. The highest BCUT2D eigenvalue weighted by Gasteiger charge is 2.16. The van der Waals surface area contributed by atoms with Gasteiger partial charge in [0.25, 0.3) is 0 Å². The molecule has 0 unspecified atom stereocenters. The van der Waals surface area contributed by atoms with E-state index in [0.29, 0.717) is 5.92 Å². The summed E-state index contributed by atoms with van der Waals surface area (Å²) in [6, 6.07) is 15.8. The molecule has 106 valence electrons. The number of hydrogen-bond donors (Lipinski definition) is 1. The van der Waals surface area contributed by atoms with Gasteiger partial charge in [-0.1, -0.05) is 44.2 Å². The second-order valence-corrected chi connectivity index (χ2v) is 5.71. The third-order valence-corrected chi connectivity index (χ3v) is 3.84. The number of aryl methyl sites for hydroxylation is 1. The van der Waals surface area contributed by atoms with E-state index in [0.717, 1.165) is 16.6 Å². The number of phenols is 1. The Morgan fingerprint density at radius 1 is 1.00 bits per heavy atom. The van der Waals surface area contributed by atoms with E-state index in [2.05, 4.69) is 43.1 Å². The minimum absolute atomic E-state index is 0.255. The maximum atomic E-state index is 9.72. The van der Waals surface area contributed by atoms with Gasteiger partial charge in [-0.25, -0.2) is 0 Å². The number of nitrogens with zero attached hydrogens (tertiary/aromatic N) is 1. The van der Waals surface area contributed by atoms with E-state index in [1.54, 1.807) is 12.1 Å². The lowest BCUT2D eigenvalue weighted by Gasteiger charge is -2.18. The molecule has 0 saturated carbocycles. The van der Waals surface area contributed by atoms with Gasteiger partial charge in [-0.05, 0) is 41.7 Å². The van der Waals surface area contributed by atoms with Crippen molar-refractivity contribution in [3.63, 3.8) is 0 Å². The fourth-order valence-corrected chi connectivity index (χ4v) is 3.01. The molecule has 0 aliphatic heterocycles. The summed E-state index contributed by atoms with van der Waals surface area (Å²) in [5.41, 5.74) is 5.58. The van der Waals surface area contributed by atoms with Crippen LogP contribution in [-0.4, -0.2) is 10.1 Å². The van der Waals surface area contributed by atoms with Gasteiger partial charge in [0, 0.05) is 17.1 Å². The fourth-order valence-electron chi connectivity index (χ4n) is 3.01. The number of rotatable bonds is 2. The first-order valence-corrected chi connectivity index (χ1v) is 7.26. The Balaban J connectivity index is 2.45. The molecule has 0 spiro atoms. The first-order valence-electron chi connectivity index (χ1n) is 7.26. The third kappa shape index (κ3) is 2.38. The Kier molecular flexibility index (Phi) is 3.38. The molecule has 1 aromatic heterocycles. The number of hydrogen-bond acceptors (Lipinski definition) is 2. The lowest BCUT2D eigenvalue weighted by atomic mass is 9.88. The summed E-state index contributed by atoms with van der Waals surface area (Å²) in [4.78, 5) is 4.68. The van der Waals surface area contributed by atoms with Crippen molar-refractivity contribution in [3.8, 4) is 16.9 Å². The molecular weight excluding hydrogens is 258 g/mol. The lowest BCUT2D eigenvalue weighted by molar-refractivity contribution is 0.476. The van der Waals surface area contributed by atoms with Crippen LogP contribution in [0.4, 0.5) is 0 Å². The molecule has 3 aromatic rings. The average Bonchev–Trinajstić information content (AvgIpc) is 2.46. The monoisotopic (exact) mass is 277 g/mol.